The van der Waals surface area contributed by atoms with Crippen LogP contribution in [-0.2, 0) is 14.3 Å². The maximum Gasteiger partial charge on any atom is 0.306 e. The van der Waals surface area contributed by atoms with Gasteiger partial charge in [-0.25, -0.2) is 0 Å². The average molecular weight is 214 g/mol. The van der Waals surface area contributed by atoms with E-state index in [1.54, 1.807) is 0 Å². The van der Waals surface area contributed by atoms with Crippen molar-refractivity contribution in [2.24, 2.45) is 5.92 Å². The Morgan fingerprint density at radius 2 is 2.33 bits per heavy atom. The van der Waals surface area contributed by atoms with E-state index in [2.05, 4.69) is 13.8 Å². The van der Waals surface area contributed by atoms with Gasteiger partial charge in [0.05, 0.1) is 12.7 Å². The Labute approximate surface area is 92.1 Å². The lowest BCUT2D eigenvalue weighted by Crippen LogP contribution is -2.25. The number of carbonyl (C=O) groups excluding carboxylic acids is 1. The minimum absolute atomic E-state index is 0.0393. The summed E-state index contributed by atoms with van der Waals surface area (Å²) in [6.07, 6.45) is 4.89. The minimum Gasteiger partial charge on any atom is -0.466 e. The van der Waals surface area contributed by atoms with Crippen molar-refractivity contribution >= 4 is 5.97 Å². The fourth-order valence-electron chi connectivity index (χ4n) is 1.90. The molecular weight excluding hydrogens is 192 g/mol. The fourth-order valence-corrected chi connectivity index (χ4v) is 1.90. The maximum absolute atomic E-state index is 11.4. The zero-order chi connectivity index (χ0) is 11.1. The quantitative estimate of drug-likeness (QED) is 0.521. The Bertz CT molecular complexity index is 191. The zero-order valence-electron chi connectivity index (χ0n) is 9.83. The van der Waals surface area contributed by atoms with Crippen molar-refractivity contribution in [3.8, 4) is 0 Å². The molecule has 0 aliphatic carbocycles. The van der Waals surface area contributed by atoms with Gasteiger partial charge in [-0.15, -0.1) is 0 Å². The number of rotatable bonds is 5. The van der Waals surface area contributed by atoms with Gasteiger partial charge in [-0.3, -0.25) is 4.79 Å². The summed E-state index contributed by atoms with van der Waals surface area (Å²) < 4.78 is 10.6. The highest BCUT2D eigenvalue weighted by Gasteiger charge is 2.22. The van der Waals surface area contributed by atoms with E-state index in [4.69, 9.17) is 9.47 Å². The molecule has 0 amide bonds. The monoisotopic (exact) mass is 214 g/mol. The molecule has 3 nitrogen and oxygen atoms in total. The van der Waals surface area contributed by atoms with Crippen LogP contribution in [-0.4, -0.2) is 25.3 Å². The lowest BCUT2D eigenvalue weighted by molar-refractivity contribution is -0.146. The fraction of sp³-hybridized carbons (Fsp3) is 0.917. The lowest BCUT2D eigenvalue weighted by Gasteiger charge is -2.26. The second-order valence-corrected chi connectivity index (χ2v) is 4.35. The van der Waals surface area contributed by atoms with Crippen LogP contribution in [0.5, 0.6) is 0 Å². The first-order valence-corrected chi connectivity index (χ1v) is 5.99. The summed E-state index contributed by atoms with van der Waals surface area (Å²) in [5, 5.41) is 0. The van der Waals surface area contributed by atoms with Crippen molar-refractivity contribution < 1.29 is 14.3 Å². The first kappa shape index (κ1) is 12.5. The molecule has 15 heavy (non-hydrogen) atoms. The molecule has 1 saturated heterocycles. The Morgan fingerprint density at radius 1 is 1.53 bits per heavy atom. The molecule has 0 spiro atoms. The largest absolute Gasteiger partial charge is 0.466 e. The molecule has 0 aromatic carbocycles. The second kappa shape index (κ2) is 6.83. The first-order valence-electron chi connectivity index (χ1n) is 5.99. The van der Waals surface area contributed by atoms with Gasteiger partial charge in [-0.2, -0.15) is 0 Å². The third-order valence-corrected chi connectivity index (χ3v) is 2.81. The van der Waals surface area contributed by atoms with Gasteiger partial charge in [0.25, 0.3) is 0 Å². The van der Waals surface area contributed by atoms with E-state index in [-0.39, 0.29) is 5.97 Å². The highest BCUT2D eigenvalue weighted by atomic mass is 16.5. The maximum atomic E-state index is 11.4. The van der Waals surface area contributed by atoms with Crippen molar-refractivity contribution in [2.45, 2.75) is 52.1 Å². The summed E-state index contributed by atoms with van der Waals surface area (Å²) in [5.74, 6) is 0.422. The highest BCUT2D eigenvalue weighted by molar-refractivity contribution is 5.69. The topological polar surface area (TPSA) is 35.5 Å². The number of ether oxygens (including phenoxy) is 2. The SMILES string of the molecule is CCCCOC(=O)CC1CCO[C@H](C)C1. The van der Waals surface area contributed by atoms with Crippen LogP contribution in [0.2, 0.25) is 0 Å². The Morgan fingerprint density at radius 3 is 3.00 bits per heavy atom. The van der Waals surface area contributed by atoms with Gasteiger partial charge in [-0.05, 0) is 32.1 Å². The number of hydrogen-bond donors (Lipinski definition) is 0. The molecule has 1 aliphatic heterocycles. The Kier molecular flexibility index (Phi) is 5.69. The zero-order valence-corrected chi connectivity index (χ0v) is 9.83. The average Bonchev–Trinajstić information content (AvgIpc) is 2.18. The molecule has 0 aromatic rings. The Balaban J connectivity index is 2.13. The molecule has 0 saturated carbocycles. The predicted molar refractivity (Wildman–Crippen MR) is 58.6 cm³/mol. The molecule has 0 radical (unpaired) electrons. The van der Waals surface area contributed by atoms with Crippen LogP contribution in [0.3, 0.4) is 0 Å². The van der Waals surface area contributed by atoms with Crippen molar-refractivity contribution in [3.63, 3.8) is 0 Å². The van der Waals surface area contributed by atoms with Crippen LogP contribution >= 0.6 is 0 Å². The molecule has 1 unspecified atom stereocenters. The van der Waals surface area contributed by atoms with Gasteiger partial charge in [0, 0.05) is 13.0 Å². The van der Waals surface area contributed by atoms with E-state index in [0.29, 0.717) is 25.0 Å². The van der Waals surface area contributed by atoms with Crippen LogP contribution < -0.4 is 0 Å². The third-order valence-electron chi connectivity index (χ3n) is 2.81. The van der Waals surface area contributed by atoms with E-state index >= 15 is 0 Å². The van der Waals surface area contributed by atoms with Gasteiger partial charge in [-0.1, -0.05) is 13.3 Å². The molecule has 1 rings (SSSR count). The molecule has 0 N–H and O–H groups in total. The molecule has 1 aliphatic rings. The van der Waals surface area contributed by atoms with Gasteiger partial charge in [0.15, 0.2) is 0 Å². The van der Waals surface area contributed by atoms with Crippen molar-refractivity contribution in [1.82, 2.24) is 0 Å². The molecule has 0 aromatic heterocycles. The molecule has 1 heterocycles. The number of carbonyl (C=O) groups is 1. The standard InChI is InChI=1S/C12H22O3/c1-3-4-6-15-12(13)9-11-5-7-14-10(2)8-11/h10-11H,3-9H2,1-2H3/t10-,11?/m1/s1. The third kappa shape index (κ3) is 5.17. The summed E-state index contributed by atoms with van der Waals surface area (Å²) in [6.45, 7) is 5.52. The van der Waals surface area contributed by atoms with Crippen LogP contribution in [0.1, 0.15) is 46.0 Å². The summed E-state index contributed by atoms with van der Waals surface area (Å²) in [5.41, 5.74) is 0. The van der Waals surface area contributed by atoms with E-state index in [0.717, 1.165) is 32.3 Å². The smallest absolute Gasteiger partial charge is 0.306 e. The number of esters is 1. The molecule has 3 heteroatoms. The van der Waals surface area contributed by atoms with E-state index < -0.39 is 0 Å². The predicted octanol–water partition coefficient (Wildman–Crippen LogP) is 2.53. The minimum atomic E-state index is -0.0393. The van der Waals surface area contributed by atoms with E-state index in [1.165, 1.54) is 0 Å². The van der Waals surface area contributed by atoms with Crippen molar-refractivity contribution in [1.29, 1.82) is 0 Å². The summed E-state index contributed by atoms with van der Waals surface area (Å²) in [6, 6.07) is 0. The molecule has 1 fully saturated rings. The van der Waals surface area contributed by atoms with Crippen molar-refractivity contribution in [3.05, 3.63) is 0 Å². The van der Waals surface area contributed by atoms with Crippen LogP contribution in [0.4, 0.5) is 0 Å². The normalized spacial score (nSPS) is 26.3. The van der Waals surface area contributed by atoms with E-state index in [9.17, 15) is 4.79 Å². The van der Waals surface area contributed by atoms with Crippen LogP contribution in [0, 0.1) is 5.92 Å². The number of hydrogen-bond acceptors (Lipinski definition) is 3. The second-order valence-electron chi connectivity index (χ2n) is 4.35. The van der Waals surface area contributed by atoms with Gasteiger partial charge >= 0.3 is 5.97 Å². The van der Waals surface area contributed by atoms with Gasteiger partial charge in [0.2, 0.25) is 0 Å². The van der Waals surface area contributed by atoms with Crippen LogP contribution in [0.15, 0.2) is 0 Å². The summed E-state index contributed by atoms with van der Waals surface area (Å²) >= 11 is 0. The summed E-state index contributed by atoms with van der Waals surface area (Å²) in [4.78, 5) is 11.4. The Hall–Kier alpha value is -0.570. The van der Waals surface area contributed by atoms with Gasteiger partial charge < -0.3 is 9.47 Å². The number of unbranched alkanes of at least 4 members (excludes halogenated alkanes) is 1. The van der Waals surface area contributed by atoms with Crippen molar-refractivity contribution in [2.75, 3.05) is 13.2 Å². The lowest BCUT2D eigenvalue weighted by atomic mass is 9.93. The van der Waals surface area contributed by atoms with E-state index in [1.807, 2.05) is 0 Å². The summed E-state index contributed by atoms with van der Waals surface area (Å²) in [7, 11) is 0. The molecule has 0 bridgehead atoms. The first-order chi connectivity index (χ1) is 7.22. The molecular formula is C12H22O3. The van der Waals surface area contributed by atoms with Crippen LogP contribution in [0.25, 0.3) is 0 Å². The highest BCUT2D eigenvalue weighted by Crippen LogP contribution is 2.23. The van der Waals surface area contributed by atoms with Gasteiger partial charge in [0.1, 0.15) is 0 Å². The molecule has 88 valence electrons. The molecule has 2 atom stereocenters.